The molecular weight excluding hydrogens is 253 g/mol. The largest absolute Gasteiger partial charge is 0.405 e. The highest BCUT2D eigenvalue weighted by Gasteiger charge is 2.28. The normalized spacial score (nSPS) is 15.4. The third-order valence-electron chi connectivity index (χ3n) is 2.08. The van der Waals surface area contributed by atoms with Gasteiger partial charge in [-0.15, -0.1) is 0 Å². The number of amides is 1. The fraction of sp³-hybridized carbons (Fsp3) is 0.900. The molecule has 0 spiro atoms. The smallest absolute Gasteiger partial charge is 0.346 e. The summed E-state index contributed by atoms with van der Waals surface area (Å²) in [5, 5.41) is 4.76. The summed E-state index contributed by atoms with van der Waals surface area (Å²) in [5.74, 6) is 0.700. The topological polar surface area (TPSA) is 41.1 Å². The minimum atomic E-state index is -4.36. The Morgan fingerprint density at radius 2 is 1.94 bits per heavy atom. The Morgan fingerprint density at radius 1 is 1.35 bits per heavy atom. The van der Waals surface area contributed by atoms with Crippen LogP contribution in [0.2, 0.25) is 0 Å². The highest BCUT2D eigenvalue weighted by molar-refractivity contribution is 7.98. The maximum absolute atomic E-state index is 11.9. The number of rotatable bonds is 7. The number of carbonyl (C=O) groups excluding carboxylic acids is 1. The van der Waals surface area contributed by atoms with E-state index >= 15 is 0 Å². The van der Waals surface area contributed by atoms with Crippen LogP contribution in [0, 0.1) is 5.92 Å². The van der Waals surface area contributed by atoms with Gasteiger partial charge in [-0.05, 0) is 31.4 Å². The molecule has 0 rings (SSSR count). The molecule has 0 aliphatic heterocycles. The van der Waals surface area contributed by atoms with Gasteiger partial charge in [0.1, 0.15) is 6.54 Å². The number of carbonyl (C=O) groups is 1. The zero-order valence-corrected chi connectivity index (χ0v) is 11.0. The summed E-state index contributed by atoms with van der Waals surface area (Å²) in [4.78, 5) is 11.3. The van der Waals surface area contributed by atoms with Crippen molar-refractivity contribution in [3.05, 3.63) is 0 Å². The molecule has 0 aromatic carbocycles. The van der Waals surface area contributed by atoms with Crippen molar-refractivity contribution in [3.63, 3.8) is 0 Å². The quantitative estimate of drug-likeness (QED) is 0.740. The van der Waals surface area contributed by atoms with Crippen LogP contribution >= 0.6 is 11.8 Å². The van der Waals surface area contributed by atoms with Crippen LogP contribution in [0.1, 0.15) is 13.8 Å². The van der Waals surface area contributed by atoms with E-state index in [9.17, 15) is 18.0 Å². The van der Waals surface area contributed by atoms with Gasteiger partial charge in [-0.1, -0.05) is 6.92 Å². The lowest BCUT2D eigenvalue weighted by atomic mass is 10.2. The molecule has 2 atom stereocenters. The molecule has 0 fully saturated rings. The summed E-state index contributed by atoms with van der Waals surface area (Å²) >= 11 is 1.69. The van der Waals surface area contributed by atoms with E-state index in [2.05, 4.69) is 5.32 Å². The van der Waals surface area contributed by atoms with Crippen LogP contribution < -0.4 is 10.6 Å². The van der Waals surface area contributed by atoms with Crippen LogP contribution in [-0.4, -0.2) is 43.2 Å². The van der Waals surface area contributed by atoms with E-state index in [0.717, 1.165) is 5.75 Å². The first-order valence-corrected chi connectivity index (χ1v) is 6.72. The number of thioether (sulfide) groups is 1. The predicted molar refractivity (Wildman–Crippen MR) is 64.1 cm³/mol. The lowest BCUT2D eigenvalue weighted by Crippen LogP contribution is -2.46. The van der Waals surface area contributed by atoms with Crippen molar-refractivity contribution >= 4 is 17.7 Å². The fourth-order valence-corrected chi connectivity index (χ4v) is 1.84. The summed E-state index contributed by atoms with van der Waals surface area (Å²) in [6.07, 6.45) is -2.38. The van der Waals surface area contributed by atoms with Crippen LogP contribution in [0.5, 0.6) is 0 Å². The van der Waals surface area contributed by atoms with E-state index in [-0.39, 0.29) is 0 Å². The molecule has 7 heteroatoms. The van der Waals surface area contributed by atoms with E-state index in [1.807, 2.05) is 18.5 Å². The molecular formula is C10H19F3N2OS. The van der Waals surface area contributed by atoms with Crippen molar-refractivity contribution in [2.24, 2.45) is 5.92 Å². The van der Waals surface area contributed by atoms with Gasteiger partial charge in [-0.2, -0.15) is 24.9 Å². The van der Waals surface area contributed by atoms with E-state index in [0.29, 0.717) is 12.5 Å². The number of hydrogen-bond acceptors (Lipinski definition) is 3. The van der Waals surface area contributed by atoms with Gasteiger partial charge in [0.2, 0.25) is 5.91 Å². The molecule has 2 unspecified atom stereocenters. The number of halogens is 3. The summed E-state index contributed by atoms with van der Waals surface area (Å²) < 4.78 is 35.6. The number of nitrogens with one attached hydrogen (secondary N) is 2. The van der Waals surface area contributed by atoms with Crippen LogP contribution in [0.25, 0.3) is 0 Å². The third-order valence-corrected chi connectivity index (χ3v) is 2.98. The highest BCUT2D eigenvalue weighted by Crippen LogP contribution is 2.12. The zero-order valence-electron chi connectivity index (χ0n) is 10.2. The third kappa shape index (κ3) is 9.29. The molecule has 0 radical (unpaired) electrons. The fourth-order valence-electron chi connectivity index (χ4n) is 1.15. The van der Waals surface area contributed by atoms with E-state index in [4.69, 9.17) is 0 Å². The van der Waals surface area contributed by atoms with Crippen molar-refractivity contribution in [1.29, 1.82) is 0 Å². The molecule has 0 bridgehead atoms. The first-order valence-electron chi connectivity index (χ1n) is 5.33. The Labute approximate surface area is 104 Å². The van der Waals surface area contributed by atoms with Crippen LogP contribution in [-0.2, 0) is 4.79 Å². The van der Waals surface area contributed by atoms with E-state index in [1.165, 1.54) is 0 Å². The molecule has 102 valence electrons. The summed E-state index contributed by atoms with van der Waals surface area (Å²) in [6, 6.07) is -0.610. The molecule has 1 amide bonds. The second-order valence-corrected chi connectivity index (χ2v) is 4.93. The number of alkyl halides is 3. The Kier molecular flexibility index (Phi) is 7.61. The number of hydrogen-bond donors (Lipinski definition) is 2. The van der Waals surface area contributed by atoms with Gasteiger partial charge in [0, 0.05) is 0 Å². The zero-order chi connectivity index (χ0) is 13.5. The van der Waals surface area contributed by atoms with Crippen LogP contribution in [0.3, 0.4) is 0 Å². The molecule has 3 nitrogen and oxygen atoms in total. The SMILES string of the molecule is CSCC(C)CNC(C)C(=O)NCC(F)(F)F. The summed E-state index contributed by atoms with van der Waals surface area (Å²) in [5.41, 5.74) is 0. The van der Waals surface area contributed by atoms with Gasteiger partial charge in [0.25, 0.3) is 0 Å². The van der Waals surface area contributed by atoms with Crippen molar-refractivity contribution in [2.75, 3.05) is 25.1 Å². The van der Waals surface area contributed by atoms with Gasteiger partial charge in [-0.25, -0.2) is 0 Å². The molecule has 0 aromatic rings. The van der Waals surface area contributed by atoms with Gasteiger partial charge in [-0.3, -0.25) is 4.79 Å². The maximum Gasteiger partial charge on any atom is 0.405 e. The van der Waals surface area contributed by atoms with Crippen LogP contribution in [0.4, 0.5) is 13.2 Å². The van der Waals surface area contributed by atoms with E-state index in [1.54, 1.807) is 18.7 Å². The minimum absolute atomic E-state index is 0.378. The van der Waals surface area contributed by atoms with Crippen molar-refractivity contribution in [2.45, 2.75) is 26.1 Å². The Bertz CT molecular complexity index is 236. The molecule has 0 aromatic heterocycles. The standard InChI is InChI=1S/C10H19F3N2OS/c1-7(5-17-3)4-14-8(2)9(16)15-6-10(11,12)13/h7-8,14H,4-6H2,1-3H3,(H,15,16). The first kappa shape index (κ1) is 16.6. The van der Waals surface area contributed by atoms with E-state index < -0.39 is 24.7 Å². The van der Waals surface area contributed by atoms with Crippen LogP contribution in [0.15, 0.2) is 0 Å². The molecule has 2 N–H and O–H groups in total. The Morgan fingerprint density at radius 3 is 2.41 bits per heavy atom. The van der Waals surface area contributed by atoms with Gasteiger partial charge in [0.15, 0.2) is 0 Å². The highest BCUT2D eigenvalue weighted by atomic mass is 32.2. The predicted octanol–water partition coefficient (Wildman–Crippen LogP) is 1.64. The monoisotopic (exact) mass is 272 g/mol. The average molecular weight is 272 g/mol. The van der Waals surface area contributed by atoms with Gasteiger partial charge >= 0.3 is 6.18 Å². The van der Waals surface area contributed by atoms with Crippen molar-refractivity contribution in [1.82, 2.24) is 10.6 Å². The molecule has 0 saturated heterocycles. The van der Waals surface area contributed by atoms with Crippen molar-refractivity contribution < 1.29 is 18.0 Å². The first-order chi connectivity index (χ1) is 7.76. The molecule has 0 aliphatic rings. The second-order valence-electron chi connectivity index (χ2n) is 4.02. The van der Waals surface area contributed by atoms with Gasteiger partial charge in [0.05, 0.1) is 6.04 Å². The van der Waals surface area contributed by atoms with Gasteiger partial charge < -0.3 is 10.6 Å². The lowest BCUT2D eigenvalue weighted by molar-refractivity contribution is -0.139. The van der Waals surface area contributed by atoms with Crippen molar-refractivity contribution in [3.8, 4) is 0 Å². The minimum Gasteiger partial charge on any atom is -0.346 e. The summed E-state index contributed by atoms with van der Waals surface area (Å²) in [6.45, 7) is 2.90. The lowest BCUT2D eigenvalue weighted by Gasteiger charge is -2.17. The maximum atomic E-state index is 11.9. The Balaban J connectivity index is 3.82. The molecule has 0 heterocycles. The molecule has 0 saturated carbocycles. The molecule has 0 aliphatic carbocycles. The second kappa shape index (κ2) is 7.81. The Hall–Kier alpha value is -0.430. The average Bonchev–Trinajstić information content (AvgIpc) is 2.22. The molecule has 17 heavy (non-hydrogen) atoms. The summed E-state index contributed by atoms with van der Waals surface area (Å²) in [7, 11) is 0.